The molecule has 0 spiro atoms. The summed E-state index contributed by atoms with van der Waals surface area (Å²) in [5, 5.41) is 0. The second-order valence-corrected chi connectivity index (χ2v) is 4.96. The number of nitrogens with zero attached hydrogens (tertiary/aromatic N) is 2. The first kappa shape index (κ1) is 13.9. The van der Waals surface area contributed by atoms with E-state index in [-0.39, 0.29) is 0 Å². The van der Waals surface area contributed by atoms with Gasteiger partial charge in [0.15, 0.2) is 0 Å². The van der Waals surface area contributed by atoms with Gasteiger partial charge in [-0.3, -0.25) is 0 Å². The lowest BCUT2D eigenvalue weighted by Crippen LogP contribution is -2.31. The molecule has 1 aromatic rings. The fraction of sp³-hybridized carbons (Fsp3) is 0.643. The molecule has 1 atom stereocenters. The number of nitrogens with two attached hydrogens (primary N) is 1. The van der Waals surface area contributed by atoms with E-state index in [2.05, 4.69) is 9.88 Å². The Balaban J connectivity index is 2.01. The molecule has 1 saturated heterocycles. The Morgan fingerprint density at radius 3 is 3.05 bits per heavy atom. The molecule has 0 aromatic carbocycles. The second-order valence-electron chi connectivity index (χ2n) is 4.96. The highest BCUT2D eigenvalue weighted by molar-refractivity contribution is 5.54. The van der Waals surface area contributed by atoms with Crippen molar-refractivity contribution in [3.63, 3.8) is 0 Å². The summed E-state index contributed by atoms with van der Waals surface area (Å²) >= 11 is 0. The maximum atomic E-state index is 5.83. The Bertz CT molecular complexity index is 406. The normalized spacial score (nSPS) is 19.2. The summed E-state index contributed by atoms with van der Waals surface area (Å²) < 4.78 is 10.9. The molecule has 1 aromatic heterocycles. The van der Waals surface area contributed by atoms with Crippen molar-refractivity contribution in [1.29, 1.82) is 0 Å². The van der Waals surface area contributed by atoms with Crippen LogP contribution in [0, 0.1) is 5.92 Å². The molecular formula is C14H23N3O2. The molecule has 0 amide bonds. The largest absolute Gasteiger partial charge is 0.476 e. The molecule has 106 valence electrons. The van der Waals surface area contributed by atoms with Gasteiger partial charge in [0.05, 0.1) is 18.9 Å². The van der Waals surface area contributed by atoms with E-state index < -0.39 is 0 Å². The monoisotopic (exact) mass is 265 g/mol. The molecule has 1 fully saturated rings. The Kier molecular flexibility index (Phi) is 4.85. The first-order valence-electron chi connectivity index (χ1n) is 6.89. The van der Waals surface area contributed by atoms with Crippen LogP contribution in [0.4, 0.5) is 11.5 Å². The standard InChI is InChI=1S/C14H23N3O2/c1-3-19-14-12(15)6-7-13(16-14)17(2)9-11-5-4-8-18-10-11/h6-7,11H,3-5,8-10,15H2,1-2H3. The third kappa shape index (κ3) is 3.73. The summed E-state index contributed by atoms with van der Waals surface area (Å²) in [7, 11) is 2.04. The van der Waals surface area contributed by atoms with Crippen LogP contribution >= 0.6 is 0 Å². The number of nitrogen functional groups attached to an aromatic ring is 1. The van der Waals surface area contributed by atoms with Crippen molar-refractivity contribution in [3.05, 3.63) is 12.1 Å². The van der Waals surface area contributed by atoms with E-state index in [0.717, 1.165) is 32.0 Å². The quantitative estimate of drug-likeness (QED) is 0.881. The lowest BCUT2D eigenvalue weighted by Gasteiger charge is -2.28. The van der Waals surface area contributed by atoms with Crippen LogP contribution in [0.3, 0.4) is 0 Å². The van der Waals surface area contributed by atoms with Gasteiger partial charge in [0.25, 0.3) is 0 Å². The summed E-state index contributed by atoms with van der Waals surface area (Å²) in [6.45, 7) is 5.19. The van der Waals surface area contributed by atoms with E-state index in [1.54, 1.807) is 0 Å². The fourth-order valence-corrected chi connectivity index (χ4v) is 2.34. The lowest BCUT2D eigenvalue weighted by molar-refractivity contribution is 0.0576. The molecule has 2 heterocycles. The van der Waals surface area contributed by atoms with Crippen molar-refractivity contribution in [2.75, 3.05) is 44.0 Å². The van der Waals surface area contributed by atoms with E-state index in [9.17, 15) is 0 Å². The molecule has 1 aliphatic rings. The summed E-state index contributed by atoms with van der Waals surface area (Å²) in [5.74, 6) is 1.99. The summed E-state index contributed by atoms with van der Waals surface area (Å²) in [6, 6.07) is 3.78. The zero-order valence-corrected chi connectivity index (χ0v) is 11.8. The molecule has 5 nitrogen and oxygen atoms in total. The van der Waals surface area contributed by atoms with Gasteiger partial charge in [0.2, 0.25) is 5.88 Å². The van der Waals surface area contributed by atoms with E-state index in [1.807, 2.05) is 26.1 Å². The number of rotatable bonds is 5. The van der Waals surface area contributed by atoms with Crippen molar-refractivity contribution < 1.29 is 9.47 Å². The van der Waals surface area contributed by atoms with E-state index in [0.29, 0.717) is 24.1 Å². The fourth-order valence-electron chi connectivity index (χ4n) is 2.34. The van der Waals surface area contributed by atoms with Gasteiger partial charge in [-0.25, -0.2) is 0 Å². The van der Waals surface area contributed by atoms with Crippen LogP contribution in [0.5, 0.6) is 5.88 Å². The number of aromatic nitrogens is 1. The lowest BCUT2D eigenvalue weighted by atomic mass is 10.0. The van der Waals surface area contributed by atoms with Crippen LogP contribution in [-0.2, 0) is 4.74 Å². The van der Waals surface area contributed by atoms with Gasteiger partial charge < -0.3 is 20.1 Å². The minimum atomic E-state index is 0.520. The molecule has 5 heteroatoms. The van der Waals surface area contributed by atoms with Gasteiger partial charge in [-0.1, -0.05) is 0 Å². The predicted molar refractivity (Wildman–Crippen MR) is 76.6 cm³/mol. The predicted octanol–water partition coefficient (Wildman–Crippen LogP) is 1.93. The number of anilines is 2. The highest BCUT2D eigenvalue weighted by Gasteiger charge is 2.17. The Hall–Kier alpha value is -1.49. The average Bonchev–Trinajstić information content (AvgIpc) is 2.42. The average molecular weight is 265 g/mol. The van der Waals surface area contributed by atoms with Crippen molar-refractivity contribution in [3.8, 4) is 5.88 Å². The van der Waals surface area contributed by atoms with E-state index in [4.69, 9.17) is 15.2 Å². The zero-order chi connectivity index (χ0) is 13.7. The van der Waals surface area contributed by atoms with Gasteiger partial charge in [0, 0.05) is 20.2 Å². The summed E-state index contributed by atoms with van der Waals surface area (Å²) in [4.78, 5) is 6.61. The number of hydrogen-bond donors (Lipinski definition) is 1. The van der Waals surface area contributed by atoms with Crippen molar-refractivity contribution in [2.24, 2.45) is 5.92 Å². The van der Waals surface area contributed by atoms with Gasteiger partial charge in [-0.15, -0.1) is 0 Å². The molecule has 2 rings (SSSR count). The highest BCUT2D eigenvalue weighted by Crippen LogP contribution is 2.24. The molecule has 19 heavy (non-hydrogen) atoms. The second kappa shape index (κ2) is 6.61. The van der Waals surface area contributed by atoms with E-state index in [1.165, 1.54) is 6.42 Å². The molecule has 1 aliphatic heterocycles. The zero-order valence-electron chi connectivity index (χ0n) is 11.8. The molecule has 2 N–H and O–H groups in total. The molecule has 0 radical (unpaired) electrons. The third-order valence-electron chi connectivity index (χ3n) is 3.33. The summed E-state index contributed by atoms with van der Waals surface area (Å²) in [6.07, 6.45) is 2.37. The van der Waals surface area contributed by atoms with Gasteiger partial charge >= 0.3 is 0 Å². The highest BCUT2D eigenvalue weighted by atomic mass is 16.5. The minimum absolute atomic E-state index is 0.520. The van der Waals surface area contributed by atoms with Crippen molar-refractivity contribution in [2.45, 2.75) is 19.8 Å². The van der Waals surface area contributed by atoms with Crippen LogP contribution < -0.4 is 15.4 Å². The van der Waals surface area contributed by atoms with Crippen LogP contribution in [-0.4, -0.2) is 38.4 Å². The van der Waals surface area contributed by atoms with Gasteiger partial charge in [-0.2, -0.15) is 4.98 Å². The Labute approximate surface area is 114 Å². The van der Waals surface area contributed by atoms with Crippen LogP contribution in [0.1, 0.15) is 19.8 Å². The first-order valence-corrected chi connectivity index (χ1v) is 6.89. The third-order valence-corrected chi connectivity index (χ3v) is 3.33. The number of hydrogen-bond acceptors (Lipinski definition) is 5. The van der Waals surface area contributed by atoms with Crippen molar-refractivity contribution in [1.82, 2.24) is 4.98 Å². The minimum Gasteiger partial charge on any atom is -0.476 e. The maximum Gasteiger partial charge on any atom is 0.239 e. The van der Waals surface area contributed by atoms with Crippen LogP contribution in [0.25, 0.3) is 0 Å². The van der Waals surface area contributed by atoms with Crippen LogP contribution in [0.15, 0.2) is 12.1 Å². The topological polar surface area (TPSA) is 60.6 Å². The van der Waals surface area contributed by atoms with Crippen LogP contribution in [0.2, 0.25) is 0 Å². The Morgan fingerprint density at radius 2 is 2.37 bits per heavy atom. The van der Waals surface area contributed by atoms with Gasteiger partial charge in [-0.05, 0) is 37.8 Å². The molecule has 0 bridgehead atoms. The molecule has 0 saturated carbocycles. The SMILES string of the molecule is CCOc1nc(N(C)CC2CCCOC2)ccc1N. The summed E-state index contributed by atoms with van der Waals surface area (Å²) in [5.41, 5.74) is 6.42. The van der Waals surface area contributed by atoms with Crippen molar-refractivity contribution >= 4 is 11.5 Å². The first-order chi connectivity index (χ1) is 9.20. The molecular weight excluding hydrogens is 242 g/mol. The molecule has 1 unspecified atom stereocenters. The Morgan fingerprint density at radius 1 is 1.53 bits per heavy atom. The molecule has 0 aliphatic carbocycles. The van der Waals surface area contributed by atoms with E-state index >= 15 is 0 Å². The maximum absolute atomic E-state index is 5.83. The number of pyridine rings is 1. The number of ether oxygens (including phenoxy) is 2. The van der Waals surface area contributed by atoms with Gasteiger partial charge in [0.1, 0.15) is 5.82 Å². The smallest absolute Gasteiger partial charge is 0.239 e.